The maximum atomic E-state index is 12.5. The summed E-state index contributed by atoms with van der Waals surface area (Å²) in [5, 5.41) is 5.74. The highest BCUT2D eigenvalue weighted by Crippen LogP contribution is 2.49. The number of benzene rings is 2. The quantitative estimate of drug-likeness (QED) is 0.747. The molecule has 2 amide bonds. The number of anilines is 1. The van der Waals surface area contributed by atoms with Gasteiger partial charge in [0.15, 0.2) is 6.61 Å². The molecule has 0 unspecified atom stereocenters. The van der Waals surface area contributed by atoms with Gasteiger partial charge in [0.25, 0.3) is 11.8 Å². The molecule has 2 aromatic carbocycles. The summed E-state index contributed by atoms with van der Waals surface area (Å²) in [7, 11) is 1.53. The normalized spacial score (nSPS) is 14.1. The minimum atomic E-state index is -0.677. The van der Waals surface area contributed by atoms with Gasteiger partial charge in [-0.25, -0.2) is 0 Å². The number of esters is 1. The summed E-state index contributed by atoms with van der Waals surface area (Å²) in [6.07, 6.45) is 1.37. The lowest BCUT2D eigenvalue weighted by molar-refractivity contribution is -0.150. The molecule has 1 aliphatic rings. The van der Waals surface area contributed by atoms with E-state index in [0.29, 0.717) is 29.1 Å². The molecule has 0 aliphatic heterocycles. The number of ether oxygens (including phenoxy) is 1. The van der Waals surface area contributed by atoms with Crippen LogP contribution in [-0.4, -0.2) is 31.4 Å². The zero-order valence-corrected chi connectivity index (χ0v) is 15.5. The third-order valence-electron chi connectivity index (χ3n) is 4.51. The zero-order valence-electron chi connectivity index (χ0n) is 14.8. The van der Waals surface area contributed by atoms with E-state index < -0.39 is 23.9 Å². The Labute approximate surface area is 161 Å². The van der Waals surface area contributed by atoms with Crippen LogP contribution in [0.1, 0.15) is 28.8 Å². The third kappa shape index (κ3) is 4.28. The Morgan fingerprint density at radius 3 is 2.44 bits per heavy atom. The van der Waals surface area contributed by atoms with Gasteiger partial charge in [-0.05, 0) is 48.7 Å². The van der Waals surface area contributed by atoms with Crippen molar-refractivity contribution in [2.24, 2.45) is 0 Å². The second kappa shape index (κ2) is 7.80. The lowest BCUT2D eigenvalue weighted by atomic mass is 9.96. The van der Waals surface area contributed by atoms with Crippen molar-refractivity contribution in [1.29, 1.82) is 0 Å². The molecule has 7 heteroatoms. The third-order valence-corrected chi connectivity index (χ3v) is 4.76. The minimum Gasteiger partial charge on any atom is -0.455 e. The van der Waals surface area contributed by atoms with E-state index in [2.05, 4.69) is 10.6 Å². The maximum Gasteiger partial charge on any atom is 0.317 e. The predicted molar refractivity (Wildman–Crippen MR) is 102 cm³/mol. The number of nitrogens with one attached hydrogen (secondary N) is 2. The zero-order chi connectivity index (χ0) is 19.4. The van der Waals surface area contributed by atoms with Gasteiger partial charge in [0, 0.05) is 23.3 Å². The van der Waals surface area contributed by atoms with Crippen LogP contribution in [0.2, 0.25) is 5.02 Å². The van der Waals surface area contributed by atoms with Crippen LogP contribution < -0.4 is 10.6 Å². The molecule has 140 valence electrons. The van der Waals surface area contributed by atoms with Crippen molar-refractivity contribution >= 4 is 35.1 Å². The highest BCUT2D eigenvalue weighted by Gasteiger charge is 2.52. The molecular weight excluding hydrogens is 368 g/mol. The predicted octanol–water partition coefficient (Wildman–Crippen LogP) is 2.91. The first-order valence-electron chi connectivity index (χ1n) is 8.50. The molecule has 0 aromatic heterocycles. The largest absolute Gasteiger partial charge is 0.455 e. The van der Waals surface area contributed by atoms with Gasteiger partial charge >= 0.3 is 5.97 Å². The molecule has 0 radical (unpaired) electrons. The average Bonchev–Trinajstić information content (AvgIpc) is 3.48. The Bertz CT molecular complexity index is 876. The van der Waals surface area contributed by atoms with E-state index in [0.717, 1.165) is 5.56 Å². The van der Waals surface area contributed by atoms with E-state index in [4.69, 9.17) is 16.3 Å². The van der Waals surface area contributed by atoms with Gasteiger partial charge in [0.05, 0.1) is 5.41 Å². The lowest BCUT2D eigenvalue weighted by Gasteiger charge is -2.15. The van der Waals surface area contributed by atoms with Crippen LogP contribution in [0.4, 0.5) is 5.69 Å². The van der Waals surface area contributed by atoms with E-state index in [1.54, 1.807) is 48.5 Å². The summed E-state index contributed by atoms with van der Waals surface area (Å²) in [6, 6.07) is 13.6. The Balaban J connectivity index is 1.57. The number of halogens is 1. The average molecular weight is 387 g/mol. The van der Waals surface area contributed by atoms with E-state index in [-0.39, 0.29) is 5.91 Å². The van der Waals surface area contributed by atoms with E-state index in [9.17, 15) is 14.4 Å². The molecule has 0 heterocycles. The molecule has 1 saturated carbocycles. The number of carbonyl (C=O) groups excluding carboxylic acids is 3. The van der Waals surface area contributed by atoms with Crippen molar-refractivity contribution in [2.45, 2.75) is 18.3 Å². The van der Waals surface area contributed by atoms with E-state index in [1.807, 2.05) is 0 Å². The van der Waals surface area contributed by atoms with Crippen LogP contribution in [0.3, 0.4) is 0 Å². The molecule has 0 saturated heterocycles. The first kappa shape index (κ1) is 18.9. The summed E-state index contributed by atoms with van der Waals surface area (Å²) in [5.74, 6) is -1.14. The molecule has 0 bridgehead atoms. The van der Waals surface area contributed by atoms with Crippen molar-refractivity contribution in [3.05, 3.63) is 64.7 Å². The monoisotopic (exact) mass is 386 g/mol. The smallest absolute Gasteiger partial charge is 0.317 e. The maximum absolute atomic E-state index is 12.5. The molecule has 0 spiro atoms. The van der Waals surface area contributed by atoms with Crippen LogP contribution in [0.5, 0.6) is 0 Å². The second-order valence-corrected chi connectivity index (χ2v) is 6.81. The van der Waals surface area contributed by atoms with Crippen molar-refractivity contribution in [3.63, 3.8) is 0 Å². The van der Waals surface area contributed by atoms with Gasteiger partial charge in [-0.1, -0.05) is 29.8 Å². The fraction of sp³-hybridized carbons (Fsp3) is 0.250. The van der Waals surface area contributed by atoms with Crippen molar-refractivity contribution < 1.29 is 19.1 Å². The van der Waals surface area contributed by atoms with Gasteiger partial charge in [0.2, 0.25) is 0 Å². The first-order valence-corrected chi connectivity index (χ1v) is 8.88. The van der Waals surface area contributed by atoms with Crippen molar-refractivity contribution in [1.82, 2.24) is 5.32 Å². The number of carbonyl (C=O) groups is 3. The van der Waals surface area contributed by atoms with Gasteiger partial charge in [-0.15, -0.1) is 0 Å². The Morgan fingerprint density at radius 2 is 1.81 bits per heavy atom. The molecule has 2 N–H and O–H groups in total. The van der Waals surface area contributed by atoms with Crippen molar-refractivity contribution in [2.75, 3.05) is 19.0 Å². The molecule has 1 fully saturated rings. The summed E-state index contributed by atoms with van der Waals surface area (Å²) < 4.78 is 5.22. The minimum absolute atomic E-state index is 0.254. The first-order chi connectivity index (χ1) is 12.9. The standard InChI is InChI=1S/C20H19ClN2O4/c1-22-18(25)13-3-2-4-16(11-13)23-17(24)12-27-19(26)20(9-10-20)14-5-7-15(21)8-6-14/h2-8,11H,9-10,12H2,1H3,(H,22,25)(H,23,24). The summed E-state index contributed by atoms with van der Waals surface area (Å²) >= 11 is 5.89. The van der Waals surface area contributed by atoms with Gasteiger partial charge < -0.3 is 15.4 Å². The Morgan fingerprint density at radius 1 is 1.11 bits per heavy atom. The molecular formula is C20H19ClN2O4. The number of hydrogen-bond donors (Lipinski definition) is 2. The van der Waals surface area contributed by atoms with Gasteiger partial charge in [-0.3, -0.25) is 14.4 Å². The summed E-state index contributed by atoms with van der Waals surface area (Å²) in [5.41, 5.74) is 1.04. The fourth-order valence-electron chi connectivity index (χ4n) is 2.85. The molecule has 0 atom stereocenters. The van der Waals surface area contributed by atoms with E-state index in [1.165, 1.54) is 7.05 Å². The van der Waals surface area contributed by atoms with Crippen LogP contribution in [-0.2, 0) is 19.7 Å². The topological polar surface area (TPSA) is 84.5 Å². The second-order valence-electron chi connectivity index (χ2n) is 6.37. The van der Waals surface area contributed by atoms with Crippen LogP contribution in [0.25, 0.3) is 0 Å². The number of rotatable bonds is 6. The van der Waals surface area contributed by atoms with Crippen LogP contribution >= 0.6 is 11.6 Å². The summed E-state index contributed by atoms with van der Waals surface area (Å²) in [6.45, 7) is -0.391. The molecule has 3 rings (SSSR count). The molecule has 2 aromatic rings. The van der Waals surface area contributed by atoms with Gasteiger partial charge in [-0.2, -0.15) is 0 Å². The number of amides is 2. The van der Waals surface area contributed by atoms with Crippen LogP contribution in [0.15, 0.2) is 48.5 Å². The molecule has 1 aliphatic carbocycles. The highest BCUT2D eigenvalue weighted by atomic mass is 35.5. The summed E-state index contributed by atoms with van der Waals surface area (Å²) in [4.78, 5) is 36.2. The van der Waals surface area contributed by atoms with Gasteiger partial charge in [0.1, 0.15) is 0 Å². The highest BCUT2D eigenvalue weighted by molar-refractivity contribution is 6.30. The fourth-order valence-corrected chi connectivity index (χ4v) is 2.98. The Kier molecular flexibility index (Phi) is 5.46. The Hall–Kier alpha value is -2.86. The molecule has 6 nitrogen and oxygen atoms in total. The van der Waals surface area contributed by atoms with E-state index >= 15 is 0 Å². The SMILES string of the molecule is CNC(=O)c1cccc(NC(=O)COC(=O)C2(c3ccc(Cl)cc3)CC2)c1. The lowest BCUT2D eigenvalue weighted by Crippen LogP contribution is -2.28. The van der Waals surface area contributed by atoms with Crippen molar-refractivity contribution in [3.8, 4) is 0 Å². The molecule has 27 heavy (non-hydrogen) atoms. The number of hydrogen-bond acceptors (Lipinski definition) is 4. The van der Waals surface area contributed by atoms with Crippen LogP contribution in [0, 0.1) is 0 Å².